The van der Waals surface area contributed by atoms with Gasteiger partial charge < -0.3 is 9.88 Å². The van der Waals surface area contributed by atoms with E-state index in [0.717, 1.165) is 54.6 Å². The second kappa shape index (κ2) is 11.3. The van der Waals surface area contributed by atoms with Crippen molar-refractivity contribution in [3.8, 4) is 6.07 Å². The van der Waals surface area contributed by atoms with E-state index < -0.39 is 0 Å². The summed E-state index contributed by atoms with van der Waals surface area (Å²) in [6.45, 7) is 6.77. The van der Waals surface area contributed by atoms with Crippen LogP contribution in [0.1, 0.15) is 73.7 Å². The van der Waals surface area contributed by atoms with Crippen molar-refractivity contribution in [1.29, 1.82) is 5.26 Å². The largest absolute Gasteiger partial charge is 0.316 e. The second-order valence-electron chi connectivity index (χ2n) is 9.35. The number of aryl methyl sites for hydroxylation is 1. The molecule has 2 aromatic heterocycles. The van der Waals surface area contributed by atoms with E-state index in [-0.39, 0.29) is 11.7 Å². The van der Waals surface area contributed by atoms with Gasteiger partial charge in [0.1, 0.15) is 16.9 Å². The summed E-state index contributed by atoms with van der Waals surface area (Å²) >= 11 is 2.96. The lowest BCUT2D eigenvalue weighted by Gasteiger charge is -2.21. The van der Waals surface area contributed by atoms with E-state index in [1.165, 1.54) is 48.7 Å². The smallest absolute Gasteiger partial charge is 0.235 e. The number of hydrogen-bond donors (Lipinski definition) is 1. The standard InChI is InChI=1S/C25H33N5OS2/c1-3-13-30-22(12-10-18-7-5-4-6-8-18)28-29-25(30)32-16-23(31)27-24-20(15-26)19-11-9-17(2)14-21(19)33-24/h3,17-18H,1,4-14,16H2,2H3,(H,27,31). The maximum absolute atomic E-state index is 12.7. The molecule has 2 aromatic rings. The third kappa shape index (κ3) is 5.88. The molecule has 1 N–H and O–H groups in total. The molecule has 176 valence electrons. The monoisotopic (exact) mass is 483 g/mol. The maximum atomic E-state index is 12.7. The van der Waals surface area contributed by atoms with Gasteiger partial charge in [-0.25, -0.2) is 0 Å². The van der Waals surface area contributed by atoms with Crippen molar-refractivity contribution < 1.29 is 4.79 Å². The maximum Gasteiger partial charge on any atom is 0.235 e. The number of rotatable bonds is 9. The number of nitriles is 1. The highest BCUT2D eigenvalue weighted by atomic mass is 32.2. The molecule has 0 radical (unpaired) electrons. The van der Waals surface area contributed by atoms with Crippen molar-refractivity contribution in [1.82, 2.24) is 14.8 Å². The Kier molecular flexibility index (Phi) is 8.26. The van der Waals surface area contributed by atoms with Gasteiger partial charge in [-0.15, -0.1) is 28.1 Å². The molecule has 1 amide bonds. The third-order valence-corrected chi connectivity index (χ3v) is 8.95. The molecule has 1 saturated carbocycles. The predicted octanol–water partition coefficient (Wildman–Crippen LogP) is 5.77. The number of thioether (sulfide) groups is 1. The Labute approximate surface area is 204 Å². The number of amides is 1. The zero-order valence-electron chi connectivity index (χ0n) is 19.4. The molecule has 2 heterocycles. The molecule has 2 aliphatic rings. The lowest BCUT2D eigenvalue weighted by molar-refractivity contribution is -0.113. The summed E-state index contributed by atoms with van der Waals surface area (Å²) < 4.78 is 2.08. The highest BCUT2D eigenvalue weighted by molar-refractivity contribution is 7.99. The molecule has 6 nitrogen and oxygen atoms in total. The van der Waals surface area contributed by atoms with Gasteiger partial charge >= 0.3 is 0 Å². The van der Waals surface area contributed by atoms with Crippen molar-refractivity contribution in [2.75, 3.05) is 11.1 Å². The Morgan fingerprint density at radius 3 is 2.91 bits per heavy atom. The minimum atomic E-state index is -0.111. The Morgan fingerprint density at radius 2 is 2.15 bits per heavy atom. The normalized spacial score (nSPS) is 18.5. The molecule has 0 saturated heterocycles. The Morgan fingerprint density at radius 1 is 1.33 bits per heavy atom. The molecule has 2 aliphatic carbocycles. The van der Waals surface area contributed by atoms with Crippen LogP contribution in [-0.2, 0) is 30.6 Å². The van der Waals surface area contributed by atoms with Gasteiger partial charge in [0.2, 0.25) is 5.91 Å². The average molecular weight is 484 g/mol. The molecule has 1 atom stereocenters. The Bertz CT molecular complexity index is 1030. The van der Waals surface area contributed by atoms with Crippen molar-refractivity contribution in [3.63, 3.8) is 0 Å². The zero-order valence-corrected chi connectivity index (χ0v) is 21.1. The molecule has 8 heteroatoms. The number of carbonyl (C=O) groups is 1. The topological polar surface area (TPSA) is 83.6 Å². The van der Waals surface area contributed by atoms with Gasteiger partial charge in [0.25, 0.3) is 0 Å². The van der Waals surface area contributed by atoms with Crippen molar-refractivity contribution in [2.45, 2.75) is 82.8 Å². The van der Waals surface area contributed by atoms with E-state index in [2.05, 4.69) is 39.7 Å². The van der Waals surface area contributed by atoms with Gasteiger partial charge in [-0.3, -0.25) is 4.79 Å². The number of anilines is 1. The molecule has 33 heavy (non-hydrogen) atoms. The number of nitrogens with one attached hydrogen (secondary N) is 1. The fourth-order valence-electron chi connectivity index (χ4n) is 4.98. The highest BCUT2D eigenvalue weighted by Gasteiger charge is 2.25. The second-order valence-corrected chi connectivity index (χ2v) is 11.4. The zero-order chi connectivity index (χ0) is 23.2. The first-order valence-corrected chi connectivity index (χ1v) is 13.9. The van der Waals surface area contributed by atoms with Crippen LogP contribution >= 0.6 is 23.1 Å². The van der Waals surface area contributed by atoms with Gasteiger partial charge in [-0.1, -0.05) is 56.9 Å². The summed E-state index contributed by atoms with van der Waals surface area (Å²) in [4.78, 5) is 14.0. The SMILES string of the molecule is C=CCn1c(CCC2CCCCC2)nnc1SCC(=O)Nc1sc2c(c1C#N)CCC(C)C2. The van der Waals surface area contributed by atoms with Gasteiger partial charge in [-0.2, -0.15) is 5.26 Å². The van der Waals surface area contributed by atoms with Crippen molar-refractivity contribution in [2.24, 2.45) is 11.8 Å². The van der Waals surface area contributed by atoms with Crippen LogP contribution in [0.15, 0.2) is 17.8 Å². The van der Waals surface area contributed by atoms with Crippen molar-refractivity contribution >= 4 is 34.0 Å². The first kappa shape index (κ1) is 24.0. The van der Waals surface area contributed by atoms with Crippen LogP contribution in [0.3, 0.4) is 0 Å². The van der Waals surface area contributed by atoms with Gasteiger partial charge in [0.05, 0.1) is 11.3 Å². The molecule has 0 bridgehead atoms. The first-order valence-electron chi connectivity index (χ1n) is 12.1. The number of allylic oxidation sites excluding steroid dienone is 1. The third-order valence-electron chi connectivity index (χ3n) is 6.81. The number of thiophene rings is 1. The number of carbonyl (C=O) groups excluding carboxylic acids is 1. The fourth-order valence-corrected chi connectivity index (χ4v) is 7.13. The summed E-state index contributed by atoms with van der Waals surface area (Å²) in [5.41, 5.74) is 1.79. The molecular formula is C25H33N5OS2. The molecule has 1 unspecified atom stereocenters. The van der Waals surface area contributed by atoms with Gasteiger partial charge in [0.15, 0.2) is 5.16 Å². The van der Waals surface area contributed by atoms with Crippen LogP contribution in [0.2, 0.25) is 0 Å². The predicted molar refractivity (Wildman–Crippen MR) is 135 cm³/mol. The van der Waals surface area contributed by atoms with Crippen LogP contribution in [0.5, 0.6) is 0 Å². The van der Waals surface area contributed by atoms with Gasteiger partial charge in [-0.05, 0) is 43.1 Å². The number of aromatic nitrogens is 3. The quantitative estimate of drug-likeness (QED) is 0.362. The average Bonchev–Trinajstić information content (AvgIpc) is 3.36. The van der Waals surface area contributed by atoms with Crippen LogP contribution in [0.25, 0.3) is 0 Å². The molecule has 0 spiro atoms. The summed E-state index contributed by atoms with van der Waals surface area (Å²) in [6.07, 6.45) is 13.7. The molecule has 0 aliphatic heterocycles. The summed E-state index contributed by atoms with van der Waals surface area (Å²) in [5, 5.41) is 22.9. The van der Waals surface area contributed by atoms with E-state index in [4.69, 9.17) is 0 Å². The summed E-state index contributed by atoms with van der Waals surface area (Å²) in [7, 11) is 0. The van der Waals surface area contributed by atoms with E-state index in [0.29, 0.717) is 23.0 Å². The molecular weight excluding hydrogens is 450 g/mol. The van der Waals surface area contributed by atoms with E-state index in [9.17, 15) is 10.1 Å². The first-order chi connectivity index (χ1) is 16.1. The van der Waals surface area contributed by atoms with E-state index in [1.54, 1.807) is 11.3 Å². The highest BCUT2D eigenvalue weighted by Crippen LogP contribution is 2.39. The molecule has 0 aromatic carbocycles. The summed E-state index contributed by atoms with van der Waals surface area (Å²) in [5.74, 6) is 2.53. The Balaban J connectivity index is 1.37. The van der Waals surface area contributed by atoms with Crippen molar-refractivity contribution in [3.05, 3.63) is 34.5 Å². The fraction of sp³-hybridized carbons (Fsp3) is 0.600. The molecule has 1 fully saturated rings. The minimum Gasteiger partial charge on any atom is -0.316 e. The summed E-state index contributed by atoms with van der Waals surface area (Å²) in [6, 6.07) is 2.32. The number of fused-ring (bicyclic) bond motifs is 1. The lowest BCUT2D eigenvalue weighted by Crippen LogP contribution is -2.15. The Hall–Kier alpha value is -2.11. The van der Waals surface area contributed by atoms with Crippen LogP contribution in [0.4, 0.5) is 5.00 Å². The van der Waals surface area contributed by atoms with Crippen LogP contribution < -0.4 is 5.32 Å². The van der Waals surface area contributed by atoms with Crippen LogP contribution in [0, 0.1) is 23.2 Å². The minimum absolute atomic E-state index is 0.111. The number of hydrogen-bond acceptors (Lipinski definition) is 6. The lowest BCUT2D eigenvalue weighted by atomic mass is 9.86. The number of nitrogens with zero attached hydrogens (tertiary/aromatic N) is 4. The van der Waals surface area contributed by atoms with E-state index in [1.807, 2.05) is 6.08 Å². The van der Waals surface area contributed by atoms with E-state index >= 15 is 0 Å². The van der Waals surface area contributed by atoms with Gasteiger partial charge in [0, 0.05) is 17.8 Å². The van der Waals surface area contributed by atoms with Crippen LogP contribution in [-0.4, -0.2) is 26.4 Å². The molecule has 4 rings (SSSR count).